The molecule has 0 spiro atoms. The zero-order chi connectivity index (χ0) is 102. The van der Waals surface area contributed by atoms with Gasteiger partial charge in [0.05, 0.1) is 28.5 Å². The summed E-state index contributed by atoms with van der Waals surface area (Å²) in [7, 11) is 14.1. The first-order valence-electron chi connectivity index (χ1n) is 46.3. The lowest BCUT2D eigenvalue weighted by atomic mass is 9.96. The maximum atomic E-state index is 13.5. The average Bonchev–Trinajstić information content (AvgIpc) is 0.830. The summed E-state index contributed by atoms with van der Waals surface area (Å²) in [6.07, 6.45) is 7.58. The number of pyridine rings is 5. The van der Waals surface area contributed by atoms with E-state index in [0.717, 1.165) is 167 Å². The number of H-pyrrole nitrogens is 5. The fraction of sp³-hybridized carbons (Fsp3) is 0.283. The van der Waals surface area contributed by atoms with Crippen LogP contribution in [0.25, 0.3) is 122 Å². The van der Waals surface area contributed by atoms with Gasteiger partial charge < -0.3 is 109 Å². The number of aromatic carboxylic acids is 5. The summed E-state index contributed by atoms with van der Waals surface area (Å²) in [5, 5.41) is 106. The third-order valence-electron chi connectivity index (χ3n) is 27.4. The number of halogens is 1. The molecule has 142 heavy (non-hydrogen) atoms. The fourth-order valence-corrected chi connectivity index (χ4v) is 18.9. The minimum atomic E-state index is -1.54. The second-order valence-corrected chi connectivity index (χ2v) is 37.1. The summed E-state index contributed by atoms with van der Waals surface area (Å²) in [5.41, 5.74) is 11.1. The number of benzene rings is 6. The van der Waals surface area contributed by atoms with Crippen molar-refractivity contribution in [3.05, 3.63) is 282 Å². The monoisotopic (exact) mass is 1930 g/mol. The highest BCUT2D eigenvalue weighted by atomic mass is 19.1. The molecule has 3 saturated heterocycles. The molecule has 0 atom stereocenters. The molecule has 16 N–H and O–H groups in total. The first-order valence-corrected chi connectivity index (χ1v) is 46.3. The van der Waals surface area contributed by atoms with E-state index < -0.39 is 120 Å². The molecular weight excluding hydrogens is 1820 g/mol. The Morgan fingerprint density at radius 3 is 0.880 bits per heavy atom. The van der Waals surface area contributed by atoms with Gasteiger partial charge in [-0.25, -0.2) is 28.4 Å². The summed E-state index contributed by atoms with van der Waals surface area (Å²) in [5.74, 6) is -9.62. The number of likely N-dealkylation sites (tertiary alicyclic amines) is 3. The van der Waals surface area contributed by atoms with Crippen molar-refractivity contribution in [2.45, 2.75) is 98.9 Å². The molecule has 0 unspecified atom stereocenters. The molecule has 1 saturated carbocycles. The van der Waals surface area contributed by atoms with Gasteiger partial charge in [-0.2, -0.15) is 0 Å². The van der Waals surface area contributed by atoms with Crippen LogP contribution in [0.5, 0.6) is 28.7 Å². The Kier molecular flexibility index (Phi) is 28.1. The highest BCUT2D eigenvalue weighted by Gasteiger charge is 2.31. The number of carboxylic acid groups (broad SMARTS) is 5. The molecule has 0 amide bonds. The Labute approximate surface area is 810 Å². The molecule has 4 fully saturated rings. The van der Waals surface area contributed by atoms with E-state index >= 15 is 0 Å². The smallest absolute Gasteiger partial charge is 0.345 e. The summed E-state index contributed by atoms with van der Waals surface area (Å²) in [4.78, 5) is 140. The van der Waals surface area contributed by atoms with Crippen molar-refractivity contribution >= 4 is 84.4 Å². The lowest BCUT2D eigenvalue weighted by Gasteiger charge is -2.30. The van der Waals surface area contributed by atoms with Crippen molar-refractivity contribution < 1.29 is 79.4 Å². The predicted molar refractivity (Wildman–Crippen MR) is 538 cm³/mol. The Morgan fingerprint density at radius 1 is 0.345 bits per heavy atom. The van der Waals surface area contributed by atoms with Crippen LogP contribution in [-0.2, 0) is 68.0 Å². The van der Waals surface area contributed by atoms with Gasteiger partial charge in [0, 0.05) is 179 Å². The number of nitrogens with one attached hydrogen (secondary N) is 6. The number of aryl methyl sites for hydroxylation is 5. The van der Waals surface area contributed by atoms with Crippen molar-refractivity contribution in [3.63, 3.8) is 0 Å². The lowest BCUT2D eigenvalue weighted by Crippen LogP contribution is -2.36. The van der Waals surface area contributed by atoms with Crippen LogP contribution >= 0.6 is 0 Å². The number of rotatable bonds is 23. The maximum absolute atomic E-state index is 13.5. The molecule has 0 bridgehead atoms. The van der Waals surface area contributed by atoms with Gasteiger partial charge >= 0.3 is 29.8 Å². The minimum Gasteiger partial charge on any atom is -0.506 e. The van der Waals surface area contributed by atoms with E-state index in [4.69, 9.17) is 20.4 Å². The zero-order valence-electron chi connectivity index (χ0n) is 80.1. The second kappa shape index (κ2) is 40.4. The average molecular weight is 1930 g/mol. The van der Waals surface area contributed by atoms with Gasteiger partial charge in [-0.05, 0) is 269 Å². The van der Waals surface area contributed by atoms with Crippen molar-refractivity contribution in [1.82, 2.24) is 72.7 Å². The summed E-state index contributed by atoms with van der Waals surface area (Å²) in [6.45, 7) is 18.4. The lowest BCUT2D eigenvalue weighted by molar-refractivity contribution is 0.0680. The summed E-state index contributed by atoms with van der Waals surface area (Å²) in [6, 6.07) is 44.6. The third-order valence-corrected chi connectivity index (χ3v) is 27.4. The molecule has 16 aromatic rings. The van der Waals surface area contributed by atoms with Gasteiger partial charge in [-0.3, -0.25) is 38.7 Å². The third kappa shape index (κ3) is 19.9. The molecule has 35 nitrogen and oxygen atoms in total. The Hall–Kier alpha value is -16.2. The first-order chi connectivity index (χ1) is 67.6. The van der Waals surface area contributed by atoms with E-state index in [1.54, 1.807) is 27.7 Å². The Bertz CT molecular complexity index is 8100. The fourth-order valence-electron chi connectivity index (χ4n) is 18.9. The van der Waals surface area contributed by atoms with Crippen LogP contribution in [0, 0.1) is 39.4 Å². The summed E-state index contributed by atoms with van der Waals surface area (Å²) < 4.78 is 24.2. The molecule has 1 aliphatic carbocycles. The predicted octanol–water partition coefficient (Wildman–Crippen LogP) is 14.3. The van der Waals surface area contributed by atoms with Crippen molar-refractivity contribution in [1.29, 1.82) is 0 Å². The van der Waals surface area contributed by atoms with E-state index in [9.17, 15) is 83.0 Å². The van der Waals surface area contributed by atoms with E-state index in [2.05, 4.69) is 103 Å². The van der Waals surface area contributed by atoms with E-state index in [1.165, 1.54) is 79.9 Å². The largest absolute Gasteiger partial charge is 0.506 e. The minimum absolute atomic E-state index is 0.128. The highest BCUT2D eigenvalue weighted by molar-refractivity contribution is 6.00. The molecule has 10 aromatic heterocycles. The van der Waals surface area contributed by atoms with Gasteiger partial charge in [0.15, 0.2) is 27.8 Å². The Morgan fingerprint density at radius 2 is 0.599 bits per heavy atom. The normalized spacial score (nSPS) is 13.7. The number of hydrogen-bond acceptors (Lipinski definition) is 20. The second-order valence-electron chi connectivity index (χ2n) is 37.1. The first kappa shape index (κ1) is 98.9. The molecule has 36 heteroatoms. The molecule has 0 radical (unpaired) electrons. The van der Waals surface area contributed by atoms with Crippen LogP contribution in [0.3, 0.4) is 0 Å². The van der Waals surface area contributed by atoms with Crippen LogP contribution in [0.2, 0.25) is 0 Å². The molecular formula is C106H110FN15O20. The number of carboxylic acids is 5. The number of hydrogen-bond donors (Lipinski definition) is 16. The maximum Gasteiger partial charge on any atom is 0.345 e. The molecule has 4 aliphatic rings. The molecule has 736 valence electrons. The quantitative estimate of drug-likeness (QED) is 0.0283. The molecule has 6 aromatic carbocycles. The van der Waals surface area contributed by atoms with Crippen LogP contribution in [0.1, 0.15) is 141 Å². The van der Waals surface area contributed by atoms with Crippen molar-refractivity contribution in [3.8, 4) is 96.2 Å². The van der Waals surface area contributed by atoms with Crippen molar-refractivity contribution in [2.24, 2.45) is 41.2 Å². The molecule has 20 rings (SSSR count). The van der Waals surface area contributed by atoms with Gasteiger partial charge in [0.25, 0.3) is 27.8 Å². The highest BCUT2D eigenvalue weighted by Crippen LogP contribution is 2.42. The van der Waals surface area contributed by atoms with E-state index in [1.807, 2.05) is 140 Å². The number of carbonyl (C=O) groups is 5. The topological polar surface area (TPSA) is 502 Å². The van der Waals surface area contributed by atoms with Crippen LogP contribution in [0.4, 0.5) is 4.39 Å². The standard InChI is InChI=1S/C25H22FN3O4.2C21H23N3O4.C20H21N3O4.C19H21N3O4/c1-28-18(13-29-9-2-10-29)12-16-11-15(5-8-19(16)28)22-20(14-3-6-17(26)7-4-14)23(30)21(25(32)33)24(31)27-22;1-11-18(23-20(26)17(19(11)25)21(27)28)13-5-6-16-14(7-13)8-15(24(16)2)10-22-9-12-3-4-12;1-12-18(22-20(26)17(19(12)25)21(27)28)13-5-6-16-14(9-13)10-15(23(16)2)11-24-7-3-4-8-24;1-11-17(21-19(25)16(18(11)24)20(26)27)12-4-5-15-13(8-12)9-14(22(15)2)10-23-6-3-7-23;1-10-16(20-18(24)15(17(10)23)19(25)26)11-5-6-14-12(7-11)8-13(22(14)4)9-21(2)3/h3-8,11-12H,2,9-10,13H2,1H3,(H,32,33)(H2,27,30,31);5-8,12,22H,3-4,9-10H2,1-2H3,(H,27,28)(H2,23,25,26);5-6,9-10H,3-4,7-8,11H2,1-2H3,(H,27,28)(H2,22,25,26);4-5,8-9H,3,6-7,10H2,1-2H3,(H,26,27)(H2,21,24,25);5-8H,9H2,1-4H3,(H,25,26)(H2,20,23,24). The summed E-state index contributed by atoms with van der Waals surface area (Å²) >= 11 is 0. The zero-order valence-corrected chi connectivity index (χ0v) is 80.1. The van der Waals surface area contributed by atoms with Gasteiger partial charge in [-0.1, -0.05) is 42.5 Å². The number of fused-ring (bicyclic) bond motifs is 5. The van der Waals surface area contributed by atoms with Crippen LogP contribution < -0.4 is 33.1 Å². The Balaban J connectivity index is 0.000000128. The molecule has 13 heterocycles. The van der Waals surface area contributed by atoms with Gasteiger partial charge in [0.2, 0.25) is 0 Å². The van der Waals surface area contributed by atoms with Crippen LogP contribution in [-0.4, -0.2) is 208 Å². The molecule has 3 aliphatic heterocycles. The number of aromatic nitrogens is 10. The van der Waals surface area contributed by atoms with E-state index in [0.29, 0.717) is 61.7 Å². The van der Waals surface area contributed by atoms with Crippen LogP contribution in [0.15, 0.2) is 170 Å². The number of aromatic hydroxyl groups is 5. The van der Waals surface area contributed by atoms with Crippen molar-refractivity contribution in [2.75, 3.05) is 59.9 Å². The van der Waals surface area contributed by atoms with Gasteiger partial charge in [0.1, 0.15) is 34.6 Å². The van der Waals surface area contributed by atoms with E-state index in [-0.39, 0.29) is 11.3 Å². The SMILES string of the molecule is Cc1c(-c2ccc3c(c2)cc(CN(C)C)n3C)[nH]c(=O)c(C(=O)O)c1O.Cc1c(-c2ccc3c(c2)cc(CN2CCC2)n3C)[nH]c(=O)c(C(=O)O)c1O.Cc1c(-c2ccc3c(c2)cc(CN2CCCC2)n3C)[nH]c(=O)c(C(=O)O)c1O.Cc1c(-c2ccc3c(c2)cc(CNCC2CC2)n3C)[nH]c(=O)c(C(=O)O)c1O.Cn1c(CN2CCC2)cc2cc(-c3[nH]c(=O)c(C(=O)O)c(O)c3-c3ccc(F)cc3)ccc21. The van der Waals surface area contributed by atoms with Gasteiger partial charge in [-0.15, -0.1) is 0 Å². The number of nitrogens with zero attached hydrogens (tertiary/aromatic N) is 9. The number of aromatic amines is 5.